The molecule has 0 radical (unpaired) electrons. The molecule has 4 rings (SSSR count). The third-order valence-corrected chi connectivity index (χ3v) is 7.10. The highest BCUT2D eigenvalue weighted by atomic mass is 35.5. The molecule has 1 amide bonds. The molecule has 1 aliphatic rings. The molecule has 1 fully saturated rings. The SMILES string of the molecule is O=C(Cc1ccc(F)cc1F)c1cc(NC(=O)C2C(c3ccc(F)c(Cl)c3)C2(Cl)Cl)ccc1Cl. The summed E-state index contributed by atoms with van der Waals surface area (Å²) in [6, 6.07) is 11.1. The zero-order chi connectivity index (χ0) is 24.8. The number of benzene rings is 3. The van der Waals surface area contributed by atoms with E-state index in [1.165, 1.54) is 36.4 Å². The molecular formula is C24H14Cl4F3NO2. The van der Waals surface area contributed by atoms with Crippen molar-refractivity contribution >= 4 is 63.8 Å². The highest BCUT2D eigenvalue weighted by Crippen LogP contribution is 2.65. The highest BCUT2D eigenvalue weighted by molar-refractivity contribution is 6.53. The van der Waals surface area contributed by atoms with E-state index in [1.54, 1.807) is 0 Å². The maximum absolute atomic E-state index is 13.9. The Balaban J connectivity index is 1.51. The van der Waals surface area contributed by atoms with Gasteiger partial charge in [0.05, 0.1) is 16.0 Å². The van der Waals surface area contributed by atoms with Crippen LogP contribution in [0.3, 0.4) is 0 Å². The van der Waals surface area contributed by atoms with E-state index in [1.807, 2.05) is 0 Å². The normalized spacial score (nSPS) is 18.4. The van der Waals surface area contributed by atoms with Crippen LogP contribution in [-0.4, -0.2) is 16.0 Å². The molecular weight excluding hydrogens is 533 g/mol. The van der Waals surface area contributed by atoms with E-state index in [0.717, 1.165) is 12.1 Å². The van der Waals surface area contributed by atoms with Crippen molar-refractivity contribution in [2.24, 2.45) is 5.92 Å². The summed E-state index contributed by atoms with van der Waals surface area (Å²) >= 11 is 24.6. The molecule has 2 unspecified atom stereocenters. The van der Waals surface area contributed by atoms with Crippen molar-refractivity contribution in [3.63, 3.8) is 0 Å². The Morgan fingerprint density at radius 2 is 1.62 bits per heavy atom. The second-order valence-corrected chi connectivity index (χ2v) is 10.1. The summed E-state index contributed by atoms with van der Waals surface area (Å²) in [5, 5.41) is 2.62. The molecule has 3 aromatic rings. The van der Waals surface area contributed by atoms with Gasteiger partial charge in [0.2, 0.25) is 5.91 Å². The average Bonchev–Trinajstić information content (AvgIpc) is 3.35. The number of Topliss-reactive ketones (excluding diaryl/α,β-unsaturated/α-hetero) is 1. The number of amides is 1. The van der Waals surface area contributed by atoms with E-state index < -0.39 is 45.3 Å². The first-order chi connectivity index (χ1) is 16.0. The number of nitrogens with one attached hydrogen (secondary N) is 1. The predicted octanol–water partition coefficient (Wildman–Crippen LogP) is 7.36. The summed E-state index contributed by atoms with van der Waals surface area (Å²) in [4.78, 5) is 25.6. The van der Waals surface area contributed by atoms with Crippen LogP contribution in [-0.2, 0) is 11.2 Å². The van der Waals surface area contributed by atoms with Gasteiger partial charge in [-0.3, -0.25) is 9.59 Å². The van der Waals surface area contributed by atoms with Crippen molar-refractivity contribution < 1.29 is 22.8 Å². The number of hydrogen-bond acceptors (Lipinski definition) is 2. The molecule has 176 valence electrons. The minimum Gasteiger partial charge on any atom is -0.326 e. The molecule has 0 bridgehead atoms. The van der Waals surface area contributed by atoms with Crippen LogP contribution in [0, 0.1) is 23.4 Å². The molecule has 3 aromatic carbocycles. The first kappa shape index (κ1) is 24.9. The molecule has 3 nitrogen and oxygen atoms in total. The Labute approximate surface area is 212 Å². The first-order valence-corrected chi connectivity index (χ1v) is 11.4. The largest absolute Gasteiger partial charge is 0.326 e. The summed E-state index contributed by atoms with van der Waals surface area (Å²) in [6.45, 7) is 0. The number of alkyl halides is 2. The molecule has 0 aromatic heterocycles. The van der Waals surface area contributed by atoms with Crippen molar-refractivity contribution in [1.29, 1.82) is 0 Å². The topological polar surface area (TPSA) is 46.2 Å². The van der Waals surface area contributed by atoms with Crippen LogP contribution < -0.4 is 5.32 Å². The van der Waals surface area contributed by atoms with Crippen LogP contribution in [0.25, 0.3) is 0 Å². The fraction of sp³-hybridized carbons (Fsp3) is 0.167. The Hall–Kier alpha value is -2.25. The summed E-state index contributed by atoms with van der Waals surface area (Å²) < 4.78 is 39.1. The Morgan fingerprint density at radius 3 is 2.29 bits per heavy atom. The number of rotatable bonds is 6. The van der Waals surface area contributed by atoms with Gasteiger partial charge < -0.3 is 5.32 Å². The van der Waals surface area contributed by atoms with Gasteiger partial charge in [0.15, 0.2) is 5.78 Å². The van der Waals surface area contributed by atoms with Crippen molar-refractivity contribution in [2.45, 2.75) is 16.7 Å². The van der Waals surface area contributed by atoms with Crippen molar-refractivity contribution in [3.8, 4) is 0 Å². The van der Waals surface area contributed by atoms with Gasteiger partial charge in [-0.1, -0.05) is 35.3 Å². The lowest BCUT2D eigenvalue weighted by Crippen LogP contribution is -2.17. The van der Waals surface area contributed by atoms with Crippen LogP contribution in [0.5, 0.6) is 0 Å². The van der Waals surface area contributed by atoms with Crippen molar-refractivity contribution in [2.75, 3.05) is 5.32 Å². The molecule has 1 N–H and O–H groups in total. The molecule has 0 aliphatic heterocycles. The van der Waals surface area contributed by atoms with Crippen LogP contribution in [0.15, 0.2) is 54.6 Å². The van der Waals surface area contributed by atoms with Gasteiger partial charge in [-0.25, -0.2) is 13.2 Å². The van der Waals surface area contributed by atoms with E-state index in [2.05, 4.69) is 5.32 Å². The third-order valence-electron chi connectivity index (χ3n) is 5.54. The number of carbonyl (C=O) groups is 2. The number of ketones is 1. The molecule has 2 atom stereocenters. The summed E-state index contributed by atoms with van der Waals surface area (Å²) in [6.07, 6.45) is -0.355. The van der Waals surface area contributed by atoms with Gasteiger partial charge in [0.25, 0.3) is 0 Å². The van der Waals surface area contributed by atoms with Crippen molar-refractivity contribution in [1.82, 2.24) is 0 Å². The van der Waals surface area contributed by atoms with Crippen LogP contribution in [0.1, 0.15) is 27.4 Å². The highest BCUT2D eigenvalue weighted by Gasteiger charge is 2.67. The van der Waals surface area contributed by atoms with E-state index in [4.69, 9.17) is 46.4 Å². The fourth-order valence-corrected chi connectivity index (χ4v) is 4.98. The van der Waals surface area contributed by atoms with Crippen molar-refractivity contribution in [3.05, 3.63) is 98.8 Å². The lowest BCUT2D eigenvalue weighted by Gasteiger charge is -2.10. The van der Waals surface area contributed by atoms with Gasteiger partial charge in [-0.05, 0) is 47.5 Å². The standard InChI is InChI=1S/C24H14Cl4F3NO2/c25-16-5-4-14(10-15(16)20(33)8-11-1-3-13(29)9-19(11)31)32-23(34)22-21(24(22,27)28)12-2-6-18(30)17(26)7-12/h1-7,9-10,21-22H,8H2,(H,32,34). The van der Waals surface area contributed by atoms with Crippen LogP contribution >= 0.6 is 46.4 Å². The van der Waals surface area contributed by atoms with Gasteiger partial charge in [-0.15, -0.1) is 23.2 Å². The maximum Gasteiger partial charge on any atom is 0.231 e. The molecule has 1 aliphatic carbocycles. The van der Waals surface area contributed by atoms with E-state index in [9.17, 15) is 22.8 Å². The fourth-order valence-electron chi connectivity index (χ4n) is 3.74. The second-order valence-electron chi connectivity index (χ2n) is 7.82. The Morgan fingerprint density at radius 1 is 0.882 bits per heavy atom. The monoisotopic (exact) mass is 545 g/mol. The summed E-state index contributed by atoms with van der Waals surface area (Å²) in [7, 11) is 0. The smallest absolute Gasteiger partial charge is 0.231 e. The summed E-state index contributed by atoms with van der Waals surface area (Å²) in [5.74, 6) is -4.76. The van der Waals surface area contributed by atoms with E-state index in [-0.39, 0.29) is 33.3 Å². The molecule has 10 heteroatoms. The zero-order valence-corrected chi connectivity index (χ0v) is 20.0. The first-order valence-electron chi connectivity index (χ1n) is 9.89. The lowest BCUT2D eigenvalue weighted by molar-refractivity contribution is -0.117. The number of carbonyl (C=O) groups excluding carboxylic acids is 2. The molecule has 0 spiro atoms. The van der Waals surface area contributed by atoms with Gasteiger partial charge >= 0.3 is 0 Å². The number of halogens is 7. The number of anilines is 1. The molecule has 0 saturated heterocycles. The molecule has 34 heavy (non-hydrogen) atoms. The van der Waals surface area contributed by atoms with Gasteiger partial charge in [0.1, 0.15) is 21.8 Å². The Kier molecular flexibility index (Phi) is 6.89. The summed E-state index contributed by atoms with van der Waals surface area (Å²) in [5.41, 5.74) is 0.794. The quantitative estimate of drug-likeness (QED) is 0.259. The molecule has 0 heterocycles. The average molecular weight is 547 g/mol. The Bertz CT molecular complexity index is 1320. The van der Waals surface area contributed by atoms with Crippen LogP contribution in [0.2, 0.25) is 10.0 Å². The lowest BCUT2D eigenvalue weighted by atomic mass is 10.0. The van der Waals surface area contributed by atoms with E-state index >= 15 is 0 Å². The minimum absolute atomic E-state index is 0.00440. The third kappa shape index (κ3) is 4.91. The van der Waals surface area contributed by atoms with Crippen LogP contribution in [0.4, 0.5) is 18.9 Å². The van der Waals surface area contributed by atoms with Gasteiger partial charge in [0, 0.05) is 29.7 Å². The second kappa shape index (κ2) is 9.42. The van der Waals surface area contributed by atoms with E-state index in [0.29, 0.717) is 11.6 Å². The van der Waals surface area contributed by atoms with Gasteiger partial charge in [-0.2, -0.15) is 0 Å². The zero-order valence-electron chi connectivity index (χ0n) is 17.0. The maximum atomic E-state index is 13.9. The minimum atomic E-state index is -1.43. The molecule has 1 saturated carbocycles. The number of hydrogen-bond donors (Lipinski definition) is 1. The predicted molar refractivity (Wildman–Crippen MR) is 127 cm³/mol.